The summed E-state index contributed by atoms with van der Waals surface area (Å²) in [4.78, 5) is 3.99. The predicted octanol–water partition coefficient (Wildman–Crippen LogP) is 0.964. The minimum absolute atomic E-state index is 0.0375. The zero-order valence-electron chi connectivity index (χ0n) is 6.94. The number of aliphatic hydroxyl groups is 1. The quantitative estimate of drug-likeness (QED) is 0.714. The van der Waals surface area contributed by atoms with Crippen LogP contribution < -0.4 is 0 Å². The van der Waals surface area contributed by atoms with Crippen LogP contribution in [-0.2, 0) is 6.61 Å². The number of H-pyrrole nitrogens is 1. The topological polar surface area (TPSA) is 61.8 Å². The highest BCUT2D eigenvalue weighted by atomic mass is 16.3. The van der Waals surface area contributed by atoms with Crippen LogP contribution in [0.3, 0.4) is 0 Å². The molecule has 2 heterocycles. The van der Waals surface area contributed by atoms with Crippen LogP contribution in [-0.4, -0.2) is 20.3 Å². The standard InChI is InChI=1S/C9H9N3O/c13-6-9-8(5-11-12-9)7-2-1-3-10-4-7/h1-5,13H,6H2,(H,11,12). The molecule has 0 aliphatic heterocycles. The van der Waals surface area contributed by atoms with Crippen LogP contribution in [0.5, 0.6) is 0 Å². The molecule has 0 saturated carbocycles. The van der Waals surface area contributed by atoms with E-state index in [1.165, 1.54) is 0 Å². The summed E-state index contributed by atoms with van der Waals surface area (Å²) in [5.41, 5.74) is 2.57. The first-order valence-corrected chi connectivity index (χ1v) is 3.95. The molecule has 0 aliphatic rings. The summed E-state index contributed by atoms with van der Waals surface area (Å²) < 4.78 is 0. The zero-order chi connectivity index (χ0) is 9.10. The molecule has 2 aromatic rings. The van der Waals surface area contributed by atoms with Crippen molar-refractivity contribution in [3.8, 4) is 11.1 Å². The number of pyridine rings is 1. The second-order valence-electron chi connectivity index (χ2n) is 2.66. The van der Waals surface area contributed by atoms with E-state index in [0.717, 1.165) is 11.1 Å². The van der Waals surface area contributed by atoms with Gasteiger partial charge >= 0.3 is 0 Å². The van der Waals surface area contributed by atoms with Crippen LogP contribution in [0, 0.1) is 0 Å². The lowest BCUT2D eigenvalue weighted by Crippen LogP contribution is -1.87. The fraction of sp³-hybridized carbons (Fsp3) is 0.111. The molecular weight excluding hydrogens is 166 g/mol. The minimum atomic E-state index is -0.0375. The molecule has 13 heavy (non-hydrogen) atoms. The molecule has 4 nitrogen and oxygen atoms in total. The predicted molar refractivity (Wildman–Crippen MR) is 47.7 cm³/mol. The molecule has 0 aromatic carbocycles. The first-order chi connectivity index (χ1) is 6.42. The highest BCUT2D eigenvalue weighted by molar-refractivity contribution is 5.63. The molecule has 0 spiro atoms. The Kier molecular flexibility index (Phi) is 2.06. The maximum absolute atomic E-state index is 8.98. The van der Waals surface area contributed by atoms with Gasteiger partial charge in [0.1, 0.15) is 0 Å². The van der Waals surface area contributed by atoms with Gasteiger partial charge in [0.15, 0.2) is 0 Å². The molecule has 0 unspecified atom stereocenters. The highest BCUT2D eigenvalue weighted by Crippen LogP contribution is 2.20. The number of nitrogens with zero attached hydrogens (tertiary/aromatic N) is 2. The van der Waals surface area contributed by atoms with Gasteiger partial charge in [0.25, 0.3) is 0 Å². The number of aromatic nitrogens is 3. The van der Waals surface area contributed by atoms with E-state index in [2.05, 4.69) is 15.2 Å². The summed E-state index contributed by atoms with van der Waals surface area (Å²) in [6, 6.07) is 3.78. The van der Waals surface area contributed by atoms with Crippen molar-refractivity contribution in [3.05, 3.63) is 36.4 Å². The molecule has 0 bridgehead atoms. The molecule has 0 fully saturated rings. The molecule has 66 valence electrons. The van der Waals surface area contributed by atoms with E-state index >= 15 is 0 Å². The number of rotatable bonds is 2. The van der Waals surface area contributed by atoms with E-state index < -0.39 is 0 Å². The molecular formula is C9H9N3O. The van der Waals surface area contributed by atoms with Crippen molar-refractivity contribution in [2.75, 3.05) is 0 Å². The molecule has 0 atom stereocenters. The second kappa shape index (κ2) is 3.37. The third-order valence-corrected chi connectivity index (χ3v) is 1.85. The monoisotopic (exact) mass is 175 g/mol. The van der Waals surface area contributed by atoms with Crippen LogP contribution in [0.15, 0.2) is 30.7 Å². The maximum Gasteiger partial charge on any atom is 0.0853 e. The number of hydrogen-bond donors (Lipinski definition) is 2. The molecule has 2 aromatic heterocycles. The minimum Gasteiger partial charge on any atom is -0.390 e. The van der Waals surface area contributed by atoms with Crippen molar-refractivity contribution in [1.29, 1.82) is 0 Å². The Morgan fingerprint density at radius 2 is 2.31 bits per heavy atom. The Hall–Kier alpha value is -1.68. The molecule has 2 rings (SSSR count). The van der Waals surface area contributed by atoms with Gasteiger partial charge in [-0.3, -0.25) is 10.1 Å². The van der Waals surface area contributed by atoms with Gasteiger partial charge in [0.05, 0.1) is 18.5 Å². The van der Waals surface area contributed by atoms with Gasteiger partial charge < -0.3 is 5.11 Å². The second-order valence-corrected chi connectivity index (χ2v) is 2.66. The van der Waals surface area contributed by atoms with Gasteiger partial charge in [-0.2, -0.15) is 5.10 Å². The van der Waals surface area contributed by atoms with E-state index in [9.17, 15) is 0 Å². The lowest BCUT2D eigenvalue weighted by Gasteiger charge is -1.98. The fourth-order valence-corrected chi connectivity index (χ4v) is 1.20. The summed E-state index contributed by atoms with van der Waals surface area (Å²) in [5, 5.41) is 15.6. The van der Waals surface area contributed by atoms with Crippen molar-refractivity contribution in [2.45, 2.75) is 6.61 Å². The smallest absolute Gasteiger partial charge is 0.0853 e. The largest absolute Gasteiger partial charge is 0.390 e. The van der Waals surface area contributed by atoms with Gasteiger partial charge in [0, 0.05) is 23.5 Å². The van der Waals surface area contributed by atoms with E-state index in [1.807, 2.05) is 12.1 Å². The Balaban J connectivity index is 2.47. The molecule has 2 N–H and O–H groups in total. The van der Waals surface area contributed by atoms with E-state index in [1.54, 1.807) is 18.6 Å². The average molecular weight is 175 g/mol. The normalized spacial score (nSPS) is 10.2. The van der Waals surface area contributed by atoms with Crippen LogP contribution in [0.1, 0.15) is 5.69 Å². The maximum atomic E-state index is 8.98. The van der Waals surface area contributed by atoms with E-state index in [4.69, 9.17) is 5.11 Å². The fourth-order valence-electron chi connectivity index (χ4n) is 1.20. The van der Waals surface area contributed by atoms with Crippen molar-refractivity contribution in [2.24, 2.45) is 0 Å². The van der Waals surface area contributed by atoms with Gasteiger partial charge in [-0.1, -0.05) is 6.07 Å². The van der Waals surface area contributed by atoms with E-state index in [0.29, 0.717) is 5.69 Å². The van der Waals surface area contributed by atoms with Gasteiger partial charge in [0.2, 0.25) is 0 Å². The Bertz CT molecular complexity index is 383. The lowest BCUT2D eigenvalue weighted by molar-refractivity contribution is 0.277. The zero-order valence-corrected chi connectivity index (χ0v) is 6.94. The van der Waals surface area contributed by atoms with Crippen LogP contribution in [0.25, 0.3) is 11.1 Å². The van der Waals surface area contributed by atoms with Crippen molar-refractivity contribution in [3.63, 3.8) is 0 Å². The van der Waals surface area contributed by atoms with Gasteiger partial charge in [-0.15, -0.1) is 0 Å². The van der Waals surface area contributed by atoms with Crippen molar-refractivity contribution in [1.82, 2.24) is 15.2 Å². The third-order valence-electron chi connectivity index (χ3n) is 1.85. The average Bonchev–Trinajstić information content (AvgIpc) is 2.67. The van der Waals surface area contributed by atoms with Crippen LogP contribution in [0.2, 0.25) is 0 Å². The number of nitrogens with one attached hydrogen (secondary N) is 1. The summed E-state index contributed by atoms with van der Waals surface area (Å²) in [5.74, 6) is 0. The first kappa shape index (κ1) is 7.94. The number of aliphatic hydroxyl groups excluding tert-OH is 1. The van der Waals surface area contributed by atoms with Crippen molar-refractivity contribution >= 4 is 0 Å². The number of aromatic amines is 1. The Morgan fingerprint density at radius 3 is 3.00 bits per heavy atom. The lowest BCUT2D eigenvalue weighted by atomic mass is 10.1. The summed E-state index contributed by atoms with van der Waals surface area (Å²) in [6.45, 7) is -0.0375. The van der Waals surface area contributed by atoms with E-state index in [-0.39, 0.29) is 6.61 Å². The third kappa shape index (κ3) is 1.43. The Morgan fingerprint density at radius 1 is 1.38 bits per heavy atom. The van der Waals surface area contributed by atoms with Crippen LogP contribution >= 0.6 is 0 Å². The molecule has 4 heteroatoms. The Labute approximate surface area is 75.3 Å². The van der Waals surface area contributed by atoms with Gasteiger partial charge in [-0.05, 0) is 6.07 Å². The van der Waals surface area contributed by atoms with Crippen LogP contribution in [0.4, 0.5) is 0 Å². The highest BCUT2D eigenvalue weighted by Gasteiger charge is 2.05. The SMILES string of the molecule is OCc1[nH]ncc1-c1cccnc1. The van der Waals surface area contributed by atoms with Gasteiger partial charge in [-0.25, -0.2) is 0 Å². The van der Waals surface area contributed by atoms with Crippen molar-refractivity contribution < 1.29 is 5.11 Å². The summed E-state index contributed by atoms with van der Waals surface area (Å²) >= 11 is 0. The molecule has 0 aliphatic carbocycles. The molecule has 0 radical (unpaired) electrons. The number of hydrogen-bond acceptors (Lipinski definition) is 3. The first-order valence-electron chi connectivity index (χ1n) is 3.95. The molecule has 0 amide bonds. The summed E-state index contributed by atoms with van der Waals surface area (Å²) in [7, 11) is 0. The molecule has 0 saturated heterocycles. The summed E-state index contributed by atoms with van der Waals surface area (Å²) in [6.07, 6.45) is 5.13.